The highest BCUT2D eigenvalue weighted by Gasteiger charge is 2.17. The number of likely N-dealkylation sites (tertiary alicyclic amines) is 1. The predicted molar refractivity (Wildman–Crippen MR) is 27.1 cm³/mol. The Kier molecular flexibility index (Phi) is 1.78. The summed E-state index contributed by atoms with van der Waals surface area (Å²) in [6.07, 6.45) is -1.05. The highest BCUT2D eigenvalue weighted by Crippen LogP contribution is 2.07. The van der Waals surface area contributed by atoms with Crippen molar-refractivity contribution < 1.29 is 8.78 Å². The number of rotatable bonds is 2. The van der Waals surface area contributed by atoms with Gasteiger partial charge in [-0.25, -0.2) is 8.78 Å². The summed E-state index contributed by atoms with van der Waals surface area (Å²) in [5.74, 6) is 0. The summed E-state index contributed by atoms with van der Waals surface area (Å²) >= 11 is 0. The van der Waals surface area contributed by atoms with Crippen LogP contribution in [0.25, 0.3) is 0 Å². The van der Waals surface area contributed by atoms with Gasteiger partial charge in [-0.2, -0.15) is 0 Å². The lowest BCUT2D eigenvalue weighted by Crippen LogP contribution is -2.40. The van der Waals surface area contributed by atoms with Crippen molar-refractivity contribution >= 4 is 0 Å². The van der Waals surface area contributed by atoms with E-state index >= 15 is 0 Å². The van der Waals surface area contributed by atoms with E-state index in [1.807, 2.05) is 0 Å². The molecule has 0 radical (unpaired) electrons. The normalized spacial score (nSPS) is 21.4. The topological polar surface area (TPSA) is 3.24 Å². The molecule has 0 N–H and O–H groups in total. The first-order chi connectivity index (χ1) is 3.79. The highest BCUT2D eigenvalue weighted by molar-refractivity contribution is 4.68. The fraction of sp³-hybridized carbons (Fsp3) is 1.00. The summed E-state index contributed by atoms with van der Waals surface area (Å²) in [4.78, 5) is 1.75. The molecule has 0 aliphatic carbocycles. The molecule has 1 rings (SSSR count). The molecular weight excluding hydrogens is 112 g/mol. The number of hydrogen-bond donors (Lipinski definition) is 0. The van der Waals surface area contributed by atoms with E-state index in [9.17, 15) is 8.78 Å². The van der Waals surface area contributed by atoms with Crippen LogP contribution >= 0.6 is 0 Å². The van der Waals surface area contributed by atoms with Crippen molar-refractivity contribution in [3.05, 3.63) is 0 Å². The summed E-state index contributed by atoms with van der Waals surface area (Å²) < 4.78 is 22.9. The Morgan fingerprint density at radius 1 is 1.38 bits per heavy atom. The Balaban J connectivity index is 2.01. The van der Waals surface area contributed by atoms with Crippen molar-refractivity contribution in [3.63, 3.8) is 0 Å². The van der Waals surface area contributed by atoms with E-state index in [2.05, 4.69) is 0 Å². The van der Waals surface area contributed by atoms with E-state index in [1.165, 1.54) is 0 Å². The molecule has 3 heteroatoms. The Labute approximate surface area is 47.3 Å². The van der Waals surface area contributed by atoms with Crippen LogP contribution < -0.4 is 0 Å². The van der Waals surface area contributed by atoms with Gasteiger partial charge in [-0.3, -0.25) is 4.90 Å². The molecule has 0 atom stereocenters. The average Bonchev–Trinajstić information content (AvgIpc) is 1.55. The van der Waals surface area contributed by atoms with Crippen molar-refractivity contribution in [1.82, 2.24) is 4.90 Å². The van der Waals surface area contributed by atoms with Crippen molar-refractivity contribution in [1.29, 1.82) is 0 Å². The van der Waals surface area contributed by atoms with Gasteiger partial charge in [0.1, 0.15) is 0 Å². The maximum Gasteiger partial charge on any atom is 0.251 e. The van der Waals surface area contributed by atoms with Crippen molar-refractivity contribution in [2.75, 3.05) is 19.6 Å². The van der Waals surface area contributed by atoms with E-state index in [1.54, 1.807) is 4.90 Å². The molecule has 1 aliphatic heterocycles. The van der Waals surface area contributed by atoms with Gasteiger partial charge in [0.2, 0.25) is 0 Å². The zero-order chi connectivity index (χ0) is 5.98. The van der Waals surface area contributed by atoms with E-state index in [0.29, 0.717) is 0 Å². The zero-order valence-electron chi connectivity index (χ0n) is 4.61. The first-order valence-electron chi connectivity index (χ1n) is 2.79. The predicted octanol–water partition coefficient (Wildman–Crippen LogP) is 0.957. The molecule has 48 valence electrons. The third-order valence-corrected chi connectivity index (χ3v) is 1.34. The third kappa shape index (κ3) is 1.40. The van der Waals surface area contributed by atoms with Crippen LogP contribution in [0.5, 0.6) is 0 Å². The maximum absolute atomic E-state index is 11.5. The Morgan fingerprint density at radius 3 is 2.12 bits per heavy atom. The lowest BCUT2D eigenvalue weighted by Gasteiger charge is -2.29. The van der Waals surface area contributed by atoms with E-state index in [-0.39, 0.29) is 6.54 Å². The minimum Gasteiger partial charge on any atom is -0.298 e. The van der Waals surface area contributed by atoms with Crippen LogP contribution in [0.4, 0.5) is 8.78 Å². The first kappa shape index (κ1) is 5.95. The van der Waals surface area contributed by atoms with Crippen LogP contribution in [-0.2, 0) is 0 Å². The van der Waals surface area contributed by atoms with Gasteiger partial charge in [0.15, 0.2) is 0 Å². The molecule has 1 fully saturated rings. The molecule has 0 unspecified atom stereocenters. The van der Waals surface area contributed by atoms with Crippen LogP contribution in [0.15, 0.2) is 0 Å². The van der Waals surface area contributed by atoms with Crippen LogP contribution in [0.3, 0.4) is 0 Å². The number of alkyl halides is 2. The minimum atomic E-state index is -2.14. The summed E-state index contributed by atoms with van der Waals surface area (Å²) in [6.45, 7) is 1.70. The van der Waals surface area contributed by atoms with Gasteiger partial charge >= 0.3 is 0 Å². The molecule has 1 aliphatic rings. The smallest absolute Gasteiger partial charge is 0.251 e. The van der Waals surface area contributed by atoms with Crippen LogP contribution in [0.1, 0.15) is 6.42 Å². The van der Waals surface area contributed by atoms with Crippen molar-refractivity contribution in [3.8, 4) is 0 Å². The molecule has 0 aromatic carbocycles. The summed E-state index contributed by atoms with van der Waals surface area (Å²) in [5.41, 5.74) is 0. The largest absolute Gasteiger partial charge is 0.298 e. The fourth-order valence-electron chi connectivity index (χ4n) is 0.759. The molecule has 0 aromatic rings. The first-order valence-corrected chi connectivity index (χ1v) is 2.79. The van der Waals surface area contributed by atoms with Crippen LogP contribution in [-0.4, -0.2) is 31.0 Å². The molecule has 0 spiro atoms. The lowest BCUT2D eigenvalue weighted by atomic mass is 10.2. The Morgan fingerprint density at radius 2 is 2.00 bits per heavy atom. The van der Waals surface area contributed by atoms with Gasteiger partial charge in [-0.05, 0) is 19.5 Å². The second kappa shape index (κ2) is 2.40. The monoisotopic (exact) mass is 121 g/mol. The molecule has 1 saturated heterocycles. The second-order valence-electron chi connectivity index (χ2n) is 2.05. The number of hydrogen-bond acceptors (Lipinski definition) is 1. The van der Waals surface area contributed by atoms with Crippen LogP contribution in [0, 0.1) is 0 Å². The third-order valence-electron chi connectivity index (χ3n) is 1.34. The van der Waals surface area contributed by atoms with Gasteiger partial charge in [-0.15, -0.1) is 0 Å². The molecule has 0 aromatic heterocycles. The Bertz CT molecular complexity index is 70.8. The maximum atomic E-state index is 11.5. The Hall–Kier alpha value is -0.180. The lowest BCUT2D eigenvalue weighted by molar-refractivity contribution is 0.0588. The molecule has 1 nitrogen and oxygen atoms in total. The van der Waals surface area contributed by atoms with E-state index < -0.39 is 6.43 Å². The van der Waals surface area contributed by atoms with E-state index in [4.69, 9.17) is 0 Å². The molecule has 0 bridgehead atoms. The van der Waals surface area contributed by atoms with Crippen molar-refractivity contribution in [2.45, 2.75) is 12.8 Å². The zero-order valence-corrected chi connectivity index (χ0v) is 4.61. The van der Waals surface area contributed by atoms with Gasteiger partial charge in [0.05, 0.1) is 6.54 Å². The van der Waals surface area contributed by atoms with Gasteiger partial charge in [-0.1, -0.05) is 0 Å². The van der Waals surface area contributed by atoms with Gasteiger partial charge in [0, 0.05) is 0 Å². The minimum absolute atomic E-state index is 0.0278. The summed E-state index contributed by atoms with van der Waals surface area (Å²) in [5, 5.41) is 0. The average molecular weight is 121 g/mol. The van der Waals surface area contributed by atoms with E-state index in [0.717, 1.165) is 19.5 Å². The standard InChI is InChI=1S/C5H9F2N/c6-5(7)4-8-2-1-3-8/h5H,1-4H2. The van der Waals surface area contributed by atoms with Gasteiger partial charge < -0.3 is 0 Å². The fourth-order valence-corrected chi connectivity index (χ4v) is 0.759. The SMILES string of the molecule is FC(F)CN1CCC1. The molecule has 1 heterocycles. The number of nitrogens with zero attached hydrogens (tertiary/aromatic N) is 1. The quantitative estimate of drug-likeness (QED) is 0.526. The van der Waals surface area contributed by atoms with Gasteiger partial charge in [0.25, 0.3) is 6.43 Å². The molecule has 0 amide bonds. The van der Waals surface area contributed by atoms with Crippen molar-refractivity contribution in [2.24, 2.45) is 0 Å². The highest BCUT2D eigenvalue weighted by atomic mass is 19.3. The molecule has 0 saturated carbocycles. The summed E-state index contributed by atoms with van der Waals surface area (Å²) in [7, 11) is 0. The molecular formula is C5H9F2N. The number of halogens is 2. The summed E-state index contributed by atoms with van der Waals surface area (Å²) in [6, 6.07) is 0. The second-order valence-corrected chi connectivity index (χ2v) is 2.05. The van der Waals surface area contributed by atoms with Crippen LogP contribution in [0.2, 0.25) is 0 Å². The molecule has 8 heavy (non-hydrogen) atoms.